The van der Waals surface area contributed by atoms with Crippen molar-refractivity contribution >= 4 is 39.8 Å². The highest BCUT2D eigenvalue weighted by molar-refractivity contribution is 7.98. The van der Waals surface area contributed by atoms with Gasteiger partial charge in [-0.05, 0) is 37.5 Å². The van der Waals surface area contributed by atoms with Gasteiger partial charge in [0.15, 0.2) is 5.13 Å². The minimum atomic E-state index is -0.0469. The van der Waals surface area contributed by atoms with Crippen LogP contribution in [0.4, 0.5) is 10.8 Å². The standard InChI is InChI=1S/C20H23N5OS2/c1-13-6-5-9-17(10-13)25(14(2)26)20-21-16(12-28-20)11-27-19-22-18(23-24-19)15-7-3-4-8-15/h5-6,9-10,12,15H,3-4,7-8,11H2,1-2H3,(H,22,23,24). The van der Waals surface area contributed by atoms with Gasteiger partial charge in [-0.15, -0.1) is 16.4 Å². The van der Waals surface area contributed by atoms with Crippen molar-refractivity contribution in [3.63, 3.8) is 0 Å². The van der Waals surface area contributed by atoms with E-state index in [0.29, 0.717) is 16.8 Å². The average Bonchev–Trinajstić information content (AvgIpc) is 3.41. The smallest absolute Gasteiger partial charge is 0.230 e. The van der Waals surface area contributed by atoms with E-state index in [1.54, 1.807) is 23.6 Å². The Labute approximate surface area is 172 Å². The zero-order chi connectivity index (χ0) is 19.5. The lowest BCUT2D eigenvalue weighted by Crippen LogP contribution is -2.22. The Morgan fingerprint density at radius 3 is 2.89 bits per heavy atom. The van der Waals surface area contributed by atoms with E-state index in [2.05, 4.69) is 20.2 Å². The van der Waals surface area contributed by atoms with Crippen LogP contribution in [0.3, 0.4) is 0 Å². The highest BCUT2D eigenvalue weighted by Crippen LogP contribution is 2.34. The fourth-order valence-electron chi connectivity index (χ4n) is 3.50. The van der Waals surface area contributed by atoms with Gasteiger partial charge in [-0.3, -0.25) is 14.8 Å². The normalized spacial score (nSPS) is 14.5. The molecule has 1 amide bonds. The molecular formula is C20H23N5OS2. The quantitative estimate of drug-likeness (QED) is 0.562. The van der Waals surface area contributed by atoms with Crippen molar-refractivity contribution in [1.82, 2.24) is 20.2 Å². The molecular weight excluding hydrogens is 390 g/mol. The molecule has 6 nitrogen and oxygen atoms in total. The third-order valence-corrected chi connectivity index (χ3v) is 6.63. The van der Waals surface area contributed by atoms with Crippen LogP contribution in [0, 0.1) is 6.92 Å². The van der Waals surface area contributed by atoms with Gasteiger partial charge < -0.3 is 0 Å². The number of anilines is 2. The van der Waals surface area contributed by atoms with Gasteiger partial charge in [-0.25, -0.2) is 9.97 Å². The minimum absolute atomic E-state index is 0.0469. The van der Waals surface area contributed by atoms with Crippen LogP contribution in [0.2, 0.25) is 0 Å². The molecule has 8 heteroatoms. The van der Waals surface area contributed by atoms with E-state index in [0.717, 1.165) is 27.9 Å². The molecule has 2 heterocycles. The van der Waals surface area contributed by atoms with Gasteiger partial charge >= 0.3 is 0 Å². The van der Waals surface area contributed by atoms with Crippen molar-refractivity contribution in [3.05, 3.63) is 46.7 Å². The molecule has 0 atom stereocenters. The molecule has 1 aromatic carbocycles. The molecule has 1 N–H and O–H groups in total. The maximum absolute atomic E-state index is 12.2. The van der Waals surface area contributed by atoms with E-state index in [-0.39, 0.29) is 5.91 Å². The van der Waals surface area contributed by atoms with Gasteiger partial charge in [0, 0.05) is 24.0 Å². The first kappa shape index (κ1) is 19.1. The van der Waals surface area contributed by atoms with Gasteiger partial charge in [0.1, 0.15) is 5.82 Å². The molecule has 1 fully saturated rings. The van der Waals surface area contributed by atoms with Crippen LogP contribution in [0.15, 0.2) is 34.8 Å². The molecule has 0 unspecified atom stereocenters. The third-order valence-electron chi connectivity index (χ3n) is 4.88. The fraction of sp³-hybridized carbons (Fsp3) is 0.400. The number of carbonyl (C=O) groups excluding carboxylic acids is 1. The van der Waals surface area contributed by atoms with Gasteiger partial charge in [-0.1, -0.05) is 36.7 Å². The summed E-state index contributed by atoms with van der Waals surface area (Å²) >= 11 is 3.05. The summed E-state index contributed by atoms with van der Waals surface area (Å²) in [7, 11) is 0. The van der Waals surface area contributed by atoms with Gasteiger partial charge in [0.2, 0.25) is 11.1 Å². The second-order valence-electron chi connectivity index (χ2n) is 7.09. The molecule has 0 aliphatic heterocycles. The van der Waals surface area contributed by atoms with Crippen LogP contribution in [-0.4, -0.2) is 26.1 Å². The predicted molar refractivity (Wildman–Crippen MR) is 113 cm³/mol. The Morgan fingerprint density at radius 2 is 2.14 bits per heavy atom. The van der Waals surface area contributed by atoms with Crippen molar-refractivity contribution in [1.29, 1.82) is 0 Å². The highest BCUT2D eigenvalue weighted by atomic mass is 32.2. The zero-order valence-electron chi connectivity index (χ0n) is 16.0. The number of thiazole rings is 1. The van der Waals surface area contributed by atoms with Gasteiger partial charge in [0.05, 0.1) is 11.4 Å². The second-order valence-corrected chi connectivity index (χ2v) is 8.87. The Kier molecular flexibility index (Phi) is 5.77. The summed E-state index contributed by atoms with van der Waals surface area (Å²) in [5, 5.41) is 10.9. The summed E-state index contributed by atoms with van der Waals surface area (Å²) in [4.78, 5) is 23.2. The zero-order valence-corrected chi connectivity index (χ0v) is 17.6. The molecule has 1 aliphatic rings. The number of rotatable bonds is 6. The van der Waals surface area contributed by atoms with Gasteiger partial charge in [0.25, 0.3) is 0 Å². The summed E-state index contributed by atoms with van der Waals surface area (Å²) in [6, 6.07) is 7.90. The highest BCUT2D eigenvalue weighted by Gasteiger charge is 2.21. The lowest BCUT2D eigenvalue weighted by atomic mass is 10.1. The summed E-state index contributed by atoms with van der Waals surface area (Å²) in [6.45, 7) is 3.58. The van der Waals surface area contributed by atoms with Crippen LogP contribution in [0.1, 0.15) is 55.6 Å². The number of hydrogen-bond acceptors (Lipinski definition) is 6. The topological polar surface area (TPSA) is 74.8 Å². The third kappa shape index (κ3) is 4.28. The van der Waals surface area contributed by atoms with E-state index < -0.39 is 0 Å². The fourth-order valence-corrected chi connectivity index (χ4v) is 5.19. The molecule has 1 saturated carbocycles. The summed E-state index contributed by atoms with van der Waals surface area (Å²) < 4.78 is 0. The Bertz CT molecular complexity index is 961. The molecule has 3 aromatic rings. The van der Waals surface area contributed by atoms with Crippen LogP contribution in [0.5, 0.6) is 0 Å². The Balaban J connectivity index is 1.44. The van der Waals surface area contributed by atoms with Crippen LogP contribution < -0.4 is 4.90 Å². The molecule has 2 aromatic heterocycles. The molecule has 4 rings (SSSR count). The number of aromatic amines is 1. The first-order valence-electron chi connectivity index (χ1n) is 9.47. The number of nitrogens with one attached hydrogen (secondary N) is 1. The first-order valence-corrected chi connectivity index (χ1v) is 11.3. The molecule has 0 bridgehead atoms. The summed E-state index contributed by atoms with van der Waals surface area (Å²) in [5.74, 6) is 2.18. The monoisotopic (exact) mass is 413 g/mol. The summed E-state index contributed by atoms with van der Waals surface area (Å²) in [5.41, 5.74) is 2.88. The van der Waals surface area contributed by atoms with Crippen LogP contribution in [0.25, 0.3) is 0 Å². The van der Waals surface area contributed by atoms with E-state index in [9.17, 15) is 4.79 Å². The Morgan fingerprint density at radius 1 is 1.32 bits per heavy atom. The number of aromatic nitrogens is 4. The Hall–Kier alpha value is -2.19. The lowest BCUT2D eigenvalue weighted by Gasteiger charge is -2.18. The van der Waals surface area contributed by atoms with Crippen LogP contribution in [-0.2, 0) is 10.5 Å². The number of amides is 1. The van der Waals surface area contributed by atoms with E-state index >= 15 is 0 Å². The second kappa shape index (κ2) is 8.45. The van der Waals surface area contributed by atoms with Crippen molar-refractivity contribution in [2.24, 2.45) is 0 Å². The van der Waals surface area contributed by atoms with Crippen LogP contribution >= 0.6 is 23.1 Å². The van der Waals surface area contributed by atoms with Crippen molar-refractivity contribution < 1.29 is 4.79 Å². The molecule has 0 radical (unpaired) electrons. The van der Waals surface area contributed by atoms with Crippen molar-refractivity contribution in [2.75, 3.05) is 4.90 Å². The van der Waals surface area contributed by atoms with Crippen molar-refractivity contribution in [3.8, 4) is 0 Å². The summed E-state index contributed by atoms with van der Waals surface area (Å²) in [6.07, 6.45) is 4.97. The lowest BCUT2D eigenvalue weighted by molar-refractivity contribution is -0.115. The molecule has 0 spiro atoms. The number of H-pyrrole nitrogens is 1. The first-order chi connectivity index (χ1) is 13.6. The molecule has 146 valence electrons. The number of aryl methyl sites for hydroxylation is 1. The number of nitrogens with zero attached hydrogens (tertiary/aromatic N) is 4. The van der Waals surface area contributed by atoms with E-state index in [1.807, 2.05) is 36.6 Å². The molecule has 0 saturated heterocycles. The number of carbonyl (C=O) groups is 1. The van der Waals surface area contributed by atoms with E-state index in [4.69, 9.17) is 0 Å². The predicted octanol–water partition coefficient (Wildman–Crippen LogP) is 5.20. The largest absolute Gasteiger partial charge is 0.274 e. The van der Waals surface area contributed by atoms with Crippen molar-refractivity contribution in [2.45, 2.75) is 56.4 Å². The average molecular weight is 414 g/mol. The SMILES string of the molecule is CC(=O)N(c1cccc(C)c1)c1nc(CSc2n[nH]c(C3CCCC3)n2)cs1. The maximum Gasteiger partial charge on any atom is 0.230 e. The van der Waals surface area contributed by atoms with E-state index in [1.165, 1.54) is 37.0 Å². The molecule has 1 aliphatic carbocycles. The number of benzene rings is 1. The maximum atomic E-state index is 12.2. The van der Waals surface area contributed by atoms with Gasteiger partial charge in [-0.2, -0.15) is 0 Å². The minimum Gasteiger partial charge on any atom is -0.274 e. The number of thioether (sulfide) groups is 1. The molecule has 28 heavy (non-hydrogen) atoms. The number of hydrogen-bond donors (Lipinski definition) is 1.